The van der Waals surface area contributed by atoms with Gasteiger partial charge in [0.1, 0.15) is 0 Å². The number of hydrogen-bond donors (Lipinski definition) is 2. The van der Waals surface area contributed by atoms with Gasteiger partial charge in [-0.25, -0.2) is 0 Å². The summed E-state index contributed by atoms with van der Waals surface area (Å²) in [5.41, 5.74) is 8.08. The van der Waals surface area contributed by atoms with Gasteiger partial charge >= 0.3 is 0 Å². The number of likely N-dealkylation sites (tertiary alicyclic amines) is 1. The second-order valence-corrected chi connectivity index (χ2v) is 7.48. The van der Waals surface area contributed by atoms with E-state index < -0.39 is 0 Å². The summed E-state index contributed by atoms with van der Waals surface area (Å²) in [4.78, 5) is 14.6. The van der Waals surface area contributed by atoms with E-state index in [9.17, 15) is 4.79 Å². The highest BCUT2D eigenvalue weighted by molar-refractivity contribution is 5.85. The maximum absolute atomic E-state index is 12.0. The summed E-state index contributed by atoms with van der Waals surface area (Å²) in [5.74, 6) is 0.953. The van der Waals surface area contributed by atoms with Gasteiger partial charge < -0.3 is 11.1 Å². The van der Waals surface area contributed by atoms with Crippen LogP contribution < -0.4 is 11.1 Å². The zero-order valence-electron chi connectivity index (χ0n) is 16.6. The van der Waals surface area contributed by atoms with Gasteiger partial charge in [-0.05, 0) is 55.8 Å². The van der Waals surface area contributed by atoms with E-state index in [0.29, 0.717) is 13.0 Å². The summed E-state index contributed by atoms with van der Waals surface area (Å²) in [7, 11) is 0. The van der Waals surface area contributed by atoms with Crippen molar-refractivity contribution < 1.29 is 4.79 Å². The minimum absolute atomic E-state index is 0. The number of rotatable bonds is 10. The van der Waals surface area contributed by atoms with Gasteiger partial charge in [0.25, 0.3) is 0 Å². The van der Waals surface area contributed by atoms with Crippen molar-refractivity contribution in [2.75, 3.05) is 19.6 Å². The highest BCUT2D eigenvalue weighted by Gasteiger charge is 2.17. The van der Waals surface area contributed by atoms with Crippen molar-refractivity contribution in [3.8, 4) is 0 Å². The molecule has 1 aromatic carbocycles. The number of piperidine rings is 1. The Morgan fingerprint density at radius 1 is 1.15 bits per heavy atom. The fraction of sp³-hybridized carbons (Fsp3) is 0.667. The number of halogens is 2. The first-order chi connectivity index (χ1) is 12.2. The Hall–Kier alpha value is -0.810. The molecule has 1 aliphatic rings. The Balaban J connectivity index is 0.00000338. The number of amides is 1. The lowest BCUT2D eigenvalue weighted by molar-refractivity contribution is -0.121. The van der Waals surface area contributed by atoms with E-state index in [-0.39, 0.29) is 30.7 Å². The molecule has 4 nitrogen and oxygen atoms in total. The molecule has 6 heteroatoms. The van der Waals surface area contributed by atoms with Gasteiger partial charge in [0.15, 0.2) is 0 Å². The number of nitrogens with one attached hydrogen (secondary N) is 1. The van der Waals surface area contributed by atoms with Gasteiger partial charge in [-0.3, -0.25) is 9.69 Å². The standard InChI is InChI=1S/C21H35N3O.2ClH/c1-18-9-8-14-24(16-18)17-20-11-6-5-10-19(20)15-23-21(25)12-4-2-3-7-13-22;;/h5-6,10-11,18H,2-4,7-9,12-17,22H2,1H3,(H,23,25);2*1H. The largest absolute Gasteiger partial charge is 0.352 e. The van der Waals surface area contributed by atoms with Crippen LogP contribution in [0.25, 0.3) is 0 Å². The summed E-state index contributed by atoms with van der Waals surface area (Å²) in [5, 5.41) is 3.09. The molecule has 156 valence electrons. The van der Waals surface area contributed by atoms with Crippen molar-refractivity contribution in [3.05, 3.63) is 35.4 Å². The molecule has 3 N–H and O–H groups in total. The zero-order valence-corrected chi connectivity index (χ0v) is 18.3. The van der Waals surface area contributed by atoms with Crippen LogP contribution in [-0.4, -0.2) is 30.4 Å². The summed E-state index contributed by atoms with van der Waals surface area (Å²) in [6.45, 7) is 7.10. The van der Waals surface area contributed by atoms with Crippen LogP contribution in [-0.2, 0) is 17.9 Å². The molecule has 0 radical (unpaired) electrons. The van der Waals surface area contributed by atoms with Crippen LogP contribution in [0.15, 0.2) is 24.3 Å². The summed E-state index contributed by atoms with van der Waals surface area (Å²) >= 11 is 0. The van der Waals surface area contributed by atoms with E-state index in [1.54, 1.807) is 0 Å². The van der Waals surface area contributed by atoms with E-state index in [1.165, 1.54) is 37.1 Å². The Kier molecular flexibility index (Phi) is 14.7. The molecular weight excluding hydrogens is 381 g/mol. The lowest BCUT2D eigenvalue weighted by Gasteiger charge is -2.31. The monoisotopic (exact) mass is 417 g/mol. The quantitative estimate of drug-likeness (QED) is 0.558. The van der Waals surface area contributed by atoms with E-state index >= 15 is 0 Å². The minimum atomic E-state index is 0. The van der Waals surface area contributed by atoms with Crippen molar-refractivity contribution in [2.45, 2.75) is 65.0 Å². The van der Waals surface area contributed by atoms with Gasteiger partial charge in [-0.2, -0.15) is 0 Å². The average Bonchev–Trinajstić information content (AvgIpc) is 2.61. The molecule has 1 aliphatic heterocycles. The topological polar surface area (TPSA) is 58.4 Å². The Bertz CT molecular complexity index is 528. The van der Waals surface area contributed by atoms with Crippen LogP contribution in [0.3, 0.4) is 0 Å². The average molecular weight is 418 g/mol. The fourth-order valence-corrected chi connectivity index (χ4v) is 3.62. The van der Waals surface area contributed by atoms with Gasteiger partial charge in [0.05, 0.1) is 0 Å². The molecule has 2 rings (SSSR count). The third-order valence-corrected chi connectivity index (χ3v) is 5.09. The van der Waals surface area contributed by atoms with Crippen molar-refractivity contribution in [3.63, 3.8) is 0 Å². The predicted molar refractivity (Wildman–Crippen MR) is 119 cm³/mol. The maximum atomic E-state index is 12.0. The van der Waals surface area contributed by atoms with Crippen LogP contribution >= 0.6 is 24.8 Å². The van der Waals surface area contributed by atoms with Crippen LogP contribution in [0.2, 0.25) is 0 Å². The van der Waals surface area contributed by atoms with E-state index in [1.807, 2.05) is 0 Å². The Labute approximate surface area is 177 Å². The highest BCUT2D eigenvalue weighted by atomic mass is 35.5. The Morgan fingerprint density at radius 2 is 1.85 bits per heavy atom. The molecule has 1 aromatic rings. The normalized spacial score (nSPS) is 16.9. The number of carbonyl (C=O) groups excluding carboxylic acids is 1. The van der Waals surface area contributed by atoms with Crippen molar-refractivity contribution in [2.24, 2.45) is 11.7 Å². The Morgan fingerprint density at radius 3 is 2.56 bits per heavy atom. The van der Waals surface area contributed by atoms with Crippen LogP contribution in [0.1, 0.15) is 63.0 Å². The van der Waals surface area contributed by atoms with Crippen LogP contribution in [0.4, 0.5) is 0 Å². The molecule has 1 unspecified atom stereocenters. The zero-order chi connectivity index (χ0) is 17.9. The number of nitrogens with two attached hydrogens (primary N) is 1. The molecule has 1 amide bonds. The smallest absolute Gasteiger partial charge is 0.220 e. The van der Waals surface area contributed by atoms with Crippen molar-refractivity contribution in [1.29, 1.82) is 0 Å². The predicted octanol–water partition coefficient (Wildman–Crippen LogP) is 4.29. The summed E-state index contributed by atoms with van der Waals surface area (Å²) in [6.07, 6.45) is 7.50. The summed E-state index contributed by atoms with van der Waals surface area (Å²) in [6, 6.07) is 8.51. The van der Waals surface area contributed by atoms with Gasteiger partial charge in [0, 0.05) is 26.1 Å². The van der Waals surface area contributed by atoms with Gasteiger partial charge in [-0.1, -0.05) is 44.0 Å². The number of carbonyl (C=O) groups is 1. The SMILES string of the molecule is CC1CCCN(Cc2ccccc2CNC(=O)CCCCCCN)C1.Cl.Cl. The second-order valence-electron chi connectivity index (χ2n) is 7.48. The molecule has 0 aliphatic carbocycles. The number of benzene rings is 1. The van der Waals surface area contributed by atoms with Gasteiger partial charge in [0.2, 0.25) is 5.91 Å². The second kappa shape index (κ2) is 15.2. The molecule has 1 heterocycles. The fourth-order valence-electron chi connectivity index (χ4n) is 3.62. The molecule has 0 saturated carbocycles. The van der Waals surface area contributed by atoms with Crippen molar-refractivity contribution >= 4 is 30.7 Å². The van der Waals surface area contributed by atoms with Crippen LogP contribution in [0, 0.1) is 5.92 Å². The molecular formula is C21H37Cl2N3O. The number of nitrogens with zero attached hydrogens (tertiary/aromatic N) is 1. The molecule has 0 bridgehead atoms. The first-order valence-corrected chi connectivity index (χ1v) is 9.95. The minimum Gasteiger partial charge on any atom is -0.352 e. The van der Waals surface area contributed by atoms with E-state index in [0.717, 1.165) is 44.7 Å². The molecule has 0 aromatic heterocycles. The molecule has 1 atom stereocenters. The number of unbranched alkanes of at least 4 members (excludes halogenated alkanes) is 3. The van der Waals surface area contributed by atoms with E-state index in [4.69, 9.17) is 5.73 Å². The first-order valence-electron chi connectivity index (χ1n) is 9.95. The lowest BCUT2D eigenvalue weighted by Crippen LogP contribution is -2.34. The highest BCUT2D eigenvalue weighted by Crippen LogP contribution is 2.19. The van der Waals surface area contributed by atoms with Crippen LogP contribution in [0.5, 0.6) is 0 Å². The molecule has 1 fully saturated rings. The summed E-state index contributed by atoms with van der Waals surface area (Å²) < 4.78 is 0. The third-order valence-electron chi connectivity index (χ3n) is 5.09. The van der Waals surface area contributed by atoms with Gasteiger partial charge in [-0.15, -0.1) is 24.8 Å². The maximum Gasteiger partial charge on any atom is 0.220 e. The molecule has 1 saturated heterocycles. The van der Waals surface area contributed by atoms with Crippen molar-refractivity contribution in [1.82, 2.24) is 10.2 Å². The number of hydrogen-bond acceptors (Lipinski definition) is 3. The lowest BCUT2D eigenvalue weighted by atomic mass is 9.99. The molecule has 0 spiro atoms. The first kappa shape index (κ1) is 26.2. The molecule has 27 heavy (non-hydrogen) atoms. The van der Waals surface area contributed by atoms with E-state index in [2.05, 4.69) is 41.4 Å². The third kappa shape index (κ3) is 10.3.